The van der Waals surface area contributed by atoms with Gasteiger partial charge in [-0.05, 0) is 30.3 Å². The Morgan fingerprint density at radius 2 is 2.12 bits per heavy atom. The van der Waals surface area contributed by atoms with E-state index in [1.54, 1.807) is 15.7 Å². The molecule has 25 heavy (non-hydrogen) atoms. The monoisotopic (exact) mass is 330 g/mol. The molecular weight excluding hydrogens is 316 g/mol. The van der Waals surface area contributed by atoms with Crippen molar-refractivity contribution in [3.63, 3.8) is 0 Å². The first-order chi connectivity index (χ1) is 12.2. The average molecular weight is 330 g/mol. The average Bonchev–Trinajstić information content (AvgIpc) is 3.27. The van der Waals surface area contributed by atoms with Crippen LogP contribution < -0.4 is 4.74 Å². The van der Waals surface area contributed by atoms with Gasteiger partial charge in [0.25, 0.3) is 0 Å². The van der Waals surface area contributed by atoms with Crippen molar-refractivity contribution in [2.45, 2.75) is 6.54 Å². The molecule has 2 aromatic heterocycles. The molecule has 0 fully saturated rings. The number of hydrogen-bond donors (Lipinski definition) is 0. The molecule has 0 saturated heterocycles. The van der Waals surface area contributed by atoms with Crippen molar-refractivity contribution in [3.05, 3.63) is 60.2 Å². The zero-order valence-corrected chi connectivity index (χ0v) is 13.5. The van der Waals surface area contributed by atoms with Crippen LogP contribution in [0.3, 0.4) is 0 Å². The summed E-state index contributed by atoms with van der Waals surface area (Å²) in [7, 11) is 1.84. The van der Waals surface area contributed by atoms with E-state index in [1.807, 2.05) is 43.4 Å². The third kappa shape index (κ3) is 2.81. The number of ether oxygens (including phenoxy) is 1. The highest BCUT2D eigenvalue weighted by Gasteiger charge is 2.12. The summed E-state index contributed by atoms with van der Waals surface area (Å²) in [6.45, 7) is 0.501. The summed E-state index contributed by atoms with van der Waals surface area (Å²) in [5.41, 5.74) is 3.29. The summed E-state index contributed by atoms with van der Waals surface area (Å²) in [6.07, 6.45) is 8.67. The van der Waals surface area contributed by atoms with Gasteiger partial charge in [-0.1, -0.05) is 17.2 Å². The standard InChI is InChI=1S/C18H14N6O/c1-3-13-7-8-16(14(9-13)10-24-12-19-11-20-24)25-17-6-4-5-15-18(17)21-22-23(15)2/h1,4-9,11-12H,10H2,2H3. The molecule has 2 heterocycles. The van der Waals surface area contributed by atoms with Crippen LogP contribution in [0.5, 0.6) is 11.5 Å². The predicted molar refractivity (Wildman–Crippen MR) is 92.1 cm³/mol. The second kappa shape index (κ2) is 6.09. The number of benzene rings is 2. The van der Waals surface area contributed by atoms with Crippen molar-refractivity contribution in [1.82, 2.24) is 29.8 Å². The molecule has 0 spiro atoms. The highest BCUT2D eigenvalue weighted by molar-refractivity contribution is 5.81. The van der Waals surface area contributed by atoms with Crippen molar-refractivity contribution in [2.75, 3.05) is 0 Å². The van der Waals surface area contributed by atoms with Crippen LogP contribution in [0.15, 0.2) is 49.1 Å². The van der Waals surface area contributed by atoms with Crippen molar-refractivity contribution < 1.29 is 4.74 Å². The molecule has 4 aromatic rings. The highest BCUT2D eigenvalue weighted by atomic mass is 16.5. The maximum Gasteiger partial charge on any atom is 0.157 e. The fourth-order valence-corrected chi connectivity index (χ4v) is 2.61. The number of terminal acetylenes is 1. The summed E-state index contributed by atoms with van der Waals surface area (Å²) < 4.78 is 9.56. The van der Waals surface area contributed by atoms with Crippen LogP contribution in [0.4, 0.5) is 0 Å². The predicted octanol–water partition coefficient (Wildman–Crippen LogP) is 2.38. The zero-order valence-electron chi connectivity index (χ0n) is 13.5. The molecule has 0 saturated carbocycles. The Kier molecular flexibility index (Phi) is 3.63. The van der Waals surface area contributed by atoms with E-state index in [9.17, 15) is 0 Å². The SMILES string of the molecule is C#Cc1ccc(Oc2cccc3c2nnn3C)c(Cn2cncn2)c1. The molecule has 0 aliphatic heterocycles. The van der Waals surface area contributed by atoms with Gasteiger partial charge in [-0.25, -0.2) is 14.3 Å². The third-order valence-corrected chi connectivity index (χ3v) is 3.85. The van der Waals surface area contributed by atoms with Crippen LogP contribution >= 0.6 is 0 Å². The summed E-state index contributed by atoms with van der Waals surface area (Å²) in [5.74, 6) is 3.97. The molecule has 0 aliphatic carbocycles. The molecule has 0 unspecified atom stereocenters. The van der Waals surface area contributed by atoms with E-state index in [0.29, 0.717) is 23.6 Å². The number of fused-ring (bicyclic) bond motifs is 1. The number of aryl methyl sites for hydroxylation is 1. The molecular formula is C18H14N6O. The highest BCUT2D eigenvalue weighted by Crippen LogP contribution is 2.31. The first-order valence-electron chi connectivity index (χ1n) is 7.63. The van der Waals surface area contributed by atoms with Gasteiger partial charge in [-0.2, -0.15) is 5.10 Å². The normalized spacial score (nSPS) is 10.7. The zero-order chi connectivity index (χ0) is 17.2. The van der Waals surface area contributed by atoms with Crippen molar-refractivity contribution in [2.24, 2.45) is 7.05 Å². The van der Waals surface area contributed by atoms with Crippen LogP contribution in [-0.2, 0) is 13.6 Å². The second-order valence-electron chi connectivity index (χ2n) is 5.50. The van der Waals surface area contributed by atoms with Crippen LogP contribution in [0.1, 0.15) is 11.1 Å². The summed E-state index contributed by atoms with van der Waals surface area (Å²) in [6, 6.07) is 11.3. The molecule has 0 N–H and O–H groups in total. The summed E-state index contributed by atoms with van der Waals surface area (Å²) in [5, 5.41) is 12.4. The Labute approximate surface area is 143 Å². The lowest BCUT2D eigenvalue weighted by Gasteiger charge is -2.12. The molecule has 7 heteroatoms. The second-order valence-corrected chi connectivity index (χ2v) is 5.50. The number of hydrogen-bond acceptors (Lipinski definition) is 5. The van der Waals surface area contributed by atoms with E-state index in [1.165, 1.54) is 6.33 Å². The van der Waals surface area contributed by atoms with Gasteiger partial charge in [0.1, 0.15) is 18.4 Å². The van der Waals surface area contributed by atoms with Gasteiger partial charge >= 0.3 is 0 Å². The number of nitrogens with zero attached hydrogens (tertiary/aromatic N) is 6. The Bertz CT molecular complexity index is 1070. The molecule has 4 rings (SSSR count). The third-order valence-electron chi connectivity index (χ3n) is 3.85. The molecule has 2 aromatic carbocycles. The van der Waals surface area contributed by atoms with Crippen LogP contribution in [0.2, 0.25) is 0 Å². The van der Waals surface area contributed by atoms with Gasteiger partial charge in [0, 0.05) is 18.2 Å². The van der Waals surface area contributed by atoms with E-state index >= 15 is 0 Å². The molecule has 122 valence electrons. The quantitative estimate of drug-likeness (QED) is 0.537. The topological polar surface area (TPSA) is 70.7 Å². The minimum Gasteiger partial charge on any atom is -0.455 e. The lowest BCUT2D eigenvalue weighted by molar-refractivity contribution is 0.476. The van der Waals surface area contributed by atoms with Crippen molar-refractivity contribution >= 4 is 11.0 Å². The Morgan fingerprint density at radius 1 is 1.20 bits per heavy atom. The number of rotatable bonds is 4. The lowest BCUT2D eigenvalue weighted by atomic mass is 10.1. The first-order valence-corrected chi connectivity index (χ1v) is 7.63. The van der Waals surface area contributed by atoms with Crippen molar-refractivity contribution in [1.29, 1.82) is 0 Å². The summed E-state index contributed by atoms with van der Waals surface area (Å²) in [4.78, 5) is 3.97. The van der Waals surface area contributed by atoms with Gasteiger partial charge in [-0.3, -0.25) is 0 Å². The van der Waals surface area contributed by atoms with Crippen LogP contribution in [-0.4, -0.2) is 29.8 Å². The van der Waals surface area contributed by atoms with Gasteiger partial charge in [0.15, 0.2) is 11.3 Å². The Morgan fingerprint density at radius 3 is 2.92 bits per heavy atom. The molecule has 0 bridgehead atoms. The first kappa shape index (κ1) is 14.9. The maximum atomic E-state index is 6.14. The maximum absolute atomic E-state index is 6.14. The van der Waals surface area contributed by atoms with Crippen molar-refractivity contribution in [3.8, 4) is 23.8 Å². The van der Waals surface area contributed by atoms with Gasteiger partial charge in [-0.15, -0.1) is 11.5 Å². The van der Waals surface area contributed by atoms with E-state index in [-0.39, 0.29) is 0 Å². The van der Waals surface area contributed by atoms with Gasteiger partial charge < -0.3 is 4.74 Å². The smallest absolute Gasteiger partial charge is 0.157 e. The van der Waals surface area contributed by atoms with Gasteiger partial charge in [0.2, 0.25) is 0 Å². The molecule has 0 radical (unpaired) electrons. The summed E-state index contributed by atoms with van der Waals surface area (Å²) >= 11 is 0. The lowest BCUT2D eigenvalue weighted by Crippen LogP contribution is -2.02. The van der Waals surface area contributed by atoms with Crippen LogP contribution in [0, 0.1) is 12.3 Å². The van der Waals surface area contributed by atoms with E-state index < -0.39 is 0 Å². The molecule has 7 nitrogen and oxygen atoms in total. The minimum atomic E-state index is 0.501. The molecule has 0 aliphatic rings. The number of aromatic nitrogens is 6. The van der Waals surface area contributed by atoms with E-state index in [2.05, 4.69) is 26.3 Å². The fraction of sp³-hybridized carbons (Fsp3) is 0.111. The fourth-order valence-electron chi connectivity index (χ4n) is 2.61. The minimum absolute atomic E-state index is 0.501. The van der Waals surface area contributed by atoms with E-state index in [4.69, 9.17) is 11.2 Å². The molecule has 0 atom stereocenters. The Hall–Kier alpha value is -3.66. The largest absolute Gasteiger partial charge is 0.455 e. The molecule has 0 amide bonds. The van der Waals surface area contributed by atoms with Gasteiger partial charge in [0.05, 0.1) is 12.1 Å². The van der Waals surface area contributed by atoms with E-state index in [0.717, 1.165) is 16.6 Å². The Balaban J connectivity index is 1.75. The van der Waals surface area contributed by atoms with Crippen LogP contribution in [0.25, 0.3) is 11.0 Å².